The molecule has 100 valence electrons. The standard InChI is InChI=1S/C14H13BrCl2N2/c1-2-18-13(14-10(15)6-4-8-19-14)9-5-3-7-11(16)12(9)17/h3-8,13,18H,2H2,1H3. The molecule has 0 saturated heterocycles. The van der Waals surface area contributed by atoms with Crippen molar-refractivity contribution in [3.63, 3.8) is 0 Å². The van der Waals surface area contributed by atoms with Crippen molar-refractivity contribution >= 4 is 39.1 Å². The first-order chi connectivity index (χ1) is 9.15. The molecule has 0 fully saturated rings. The van der Waals surface area contributed by atoms with Gasteiger partial charge in [-0.05, 0) is 46.2 Å². The van der Waals surface area contributed by atoms with Crippen molar-refractivity contribution in [1.82, 2.24) is 10.3 Å². The molecular weight excluding hydrogens is 347 g/mol. The second kappa shape index (κ2) is 6.71. The summed E-state index contributed by atoms with van der Waals surface area (Å²) in [6.45, 7) is 2.85. The van der Waals surface area contributed by atoms with Crippen molar-refractivity contribution in [2.45, 2.75) is 13.0 Å². The minimum atomic E-state index is -0.0909. The summed E-state index contributed by atoms with van der Waals surface area (Å²) in [4.78, 5) is 4.43. The highest BCUT2D eigenvalue weighted by molar-refractivity contribution is 9.10. The first-order valence-corrected chi connectivity index (χ1v) is 7.47. The van der Waals surface area contributed by atoms with Crippen LogP contribution in [0, 0.1) is 0 Å². The van der Waals surface area contributed by atoms with Crippen molar-refractivity contribution < 1.29 is 0 Å². The number of nitrogens with zero attached hydrogens (tertiary/aromatic N) is 1. The summed E-state index contributed by atoms with van der Waals surface area (Å²) in [5.41, 5.74) is 1.82. The molecule has 1 N–H and O–H groups in total. The second-order valence-electron chi connectivity index (χ2n) is 4.00. The van der Waals surface area contributed by atoms with Crippen LogP contribution in [0.25, 0.3) is 0 Å². The topological polar surface area (TPSA) is 24.9 Å². The number of rotatable bonds is 4. The Kier molecular flexibility index (Phi) is 5.22. The van der Waals surface area contributed by atoms with E-state index in [1.54, 1.807) is 12.3 Å². The summed E-state index contributed by atoms with van der Waals surface area (Å²) >= 11 is 15.9. The first kappa shape index (κ1) is 14.8. The highest BCUT2D eigenvalue weighted by Gasteiger charge is 2.20. The van der Waals surface area contributed by atoms with Crippen molar-refractivity contribution in [1.29, 1.82) is 0 Å². The third-order valence-electron chi connectivity index (χ3n) is 2.76. The Hall–Kier alpha value is -0.610. The Morgan fingerprint density at radius 3 is 2.74 bits per heavy atom. The Morgan fingerprint density at radius 1 is 1.26 bits per heavy atom. The zero-order valence-corrected chi connectivity index (χ0v) is 13.4. The van der Waals surface area contributed by atoms with Gasteiger partial charge in [-0.2, -0.15) is 0 Å². The smallest absolute Gasteiger partial charge is 0.0777 e. The van der Waals surface area contributed by atoms with Crippen LogP contribution in [0.2, 0.25) is 10.0 Å². The number of benzene rings is 1. The third kappa shape index (κ3) is 3.29. The van der Waals surface area contributed by atoms with Gasteiger partial charge in [-0.15, -0.1) is 0 Å². The molecule has 0 saturated carbocycles. The van der Waals surface area contributed by atoms with E-state index in [0.29, 0.717) is 10.0 Å². The van der Waals surface area contributed by atoms with Gasteiger partial charge in [-0.25, -0.2) is 0 Å². The van der Waals surface area contributed by atoms with Gasteiger partial charge in [0.2, 0.25) is 0 Å². The SMILES string of the molecule is CCNC(c1cccc(Cl)c1Cl)c1ncccc1Br. The van der Waals surface area contributed by atoms with Crippen LogP contribution in [0.1, 0.15) is 24.2 Å². The van der Waals surface area contributed by atoms with Gasteiger partial charge in [0, 0.05) is 10.7 Å². The zero-order chi connectivity index (χ0) is 13.8. The third-order valence-corrected chi connectivity index (χ3v) is 4.27. The molecule has 1 aromatic carbocycles. The van der Waals surface area contributed by atoms with E-state index in [1.165, 1.54) is 0 Å². The van der Waals surface area contributed by atoms with Crippen molar-refractivity contribution in [3.8, 4) is 0 Å². The average Bonchev–Trinajstić information content (AvgIpc) is 2.41. The summed E-state index contributed by atoms with van der Waals surface area (Å²) in [5.74, 6) is 0. The lowest BCUT2D eigenvalue weighted by atomic mass is 10.0. The lowest BCUT2D eigenvalue weighted by Crippen LogP contribution is -2.23. The van der Waals surface area contributed by atoms with E-state index < -0.39 is 0 Å². The molecule has 0 bridgehead atoms. The molecule has 5 heteroatoms. The Morgan fingerprint density at radius 2 is 2.05 bits per heavy atom. The number of hydrogen-bond donors (Lipinski definition) is 1. The molecule has 0 aliphatic rings. The largest absolute Gasteiger partial charge is 0.305 e. The van der Waals surface area contributed by atoms with Crippen LogP contribution < -0.4 is 5.32 Å². The molecule has 2 aromatic rings. The van der Waals surface area contributed by atoms with Crippen molar-refractivity contribution in [2.24, 2.45) is 0 Å². The quantitative estimate of drug-likeness (QED) is 0.843. The lowest BCUT2D eigenvalue weighted by Gasteiger charge is -2.20. The Balaban J connectivity index is 2.52. The van der Waals surface area contributed by atoms with Crippen molar-refractivity contribution in [3.05, 3.63) is 62.3 Å². The fourth-order valence-electron chi connectivity index (χ4n) is 1.91. The molecule has 0 radical (unpaired) electrons. The molecule has 0 amide bonds. The molecular formula is C14H13BrCl2N2. The predicted molar refractivity (Wildman–Crippen MR) is 83.9 cm³/mol. The minimum absolute atomic E-state index is 0.0909. The van der Waals surface area contributed by atoms with Crippen molar-refractivity contribution in [2.75, 3.05) is 6.54 Å². The van der Waals surface area contributed by atoms with Gasteiger partial charge in [-0.3, -0.25) is 4.98 Å². The fraction of sp³-hybridized carbons (Fsp3) is 0.214. The normalized spacial score (nSPS) is 12.4. The summed E-state index contributed by atoms with van der Waals surface area (Å²) in [6, 6.07) is 9.39. The van der Waals surface area contributed by atoms with Gasteiger partial charge in [0.25, 0.3) is 0 Å². The van der Waals surface area contributed by atoms with Gasteiger partial charge in [0.1, 0.15) is 0 Å². The first-order valence-electron chi connectivity index (χ1n) is 5.92. The molecule has 1 unspecified atom stereocenters. The van der Waals surface area contributed by atoms with E-state index in [-0.39, 0.29) is 6.04 Å². The van der Waals surface area contributed by atoms with E-state index in [2.05, 4.69) is 26.2 Å². The molecule has 19 heavy (non-hydrogen) atoms. The van der Waals surface area contributed by atoms with Gasteiger partial charge in [-0.1, -0.05) is 42.3 Å². The maximum atomic E-state index is 6.31. The maximum absolute atomic E-state index is 6.31. The highest BCUT2D eigenvalue weighted by atomic mass is 79.9. The van der Waals surface area contributed by atoms with E-state index in [1.807, 2.05) is 31.2 Å². The van der Waals surface area contributed by atoms with Gasteiger partial charge in [0.05, 0.1) is 21.8 Å². The molecule has 1 aromatic heterocycles. The average molecular weight is 360 g/mol. The van der Waals surface area contributed by atoms with Crippen LogP contribution >= 0.6 is 39.1 Å². The minimum Gasteiger partial charge on any atom is -0.305 e. The Labute approximate surface area is 131 Å². The molecule has 0 aliphatic carbocycles. The molecule has 0 spiro atoms. The predicted octanol–water partition coefficient (Wildman–Crippen LogP) is 4.85. The van der Waals surface area contributed by atoms with Gasteiger partial charge >= 0.3 is 0 Å². The fourth-order valence-corrected chi connectivity index (χ4v) is 2.81. The number of nitrogens with one attached hydrogen (secondary N) is 1. The lowest BCUT2D eigenvalue weighted by molar-refractivity contribution is 0.613. The molecule has 1 heterocycles. The van der Waals surface area contributed by atoms with Crippen LogP contribution in [0.15, 0.2) is 41.0 Å². The summed E-state index contributed by atoms with van der Waals surface area (Å²) in [5, 5.41) is 4.50. The summed E-state index contributed by atoms with van der Waals surface area (Å²) < 4.78 is 0.942. The number of aromatic nitrogens is 1. The number of hydrogen-bond acceptors (Lipinski definition) is 2. The molecule has 0 aliphatic heterocycles. The van der Waals surface area contributed by atoms with Crippen LogP contribution in [-0.2, 0) is 0 Å². The number of halogens is 3. The van der Waals surface area contributed by atoms with Gasteiger partial charge in [0.15, 0.2) is 0 Å². The van der Waals surface area contributed by atoms with Crippen LogP contribution in [0.3, 0.4) is 0 Å². The van der Waals surface area contributed by atoms with E-state index >= 15 is 0 Å². The summed E-state index contributed by atoms with van der Waals surface area (Å²) in [7, 11) is 0. The maximum Gasteiger partial charge on any atom is 0.0777 e. The van der Waals surface area contributed by atoms with E-state index in [4.69, 9.17) is 23.2 Å². The van der Waals surface area contributed by atoms with Gasteiger partial charge < -0.3 is 5.32 Å². The molecule has 1 atom stereocenters. The van der Waals surface area contributed by atoms with E-state index in [9.17, 15) is 0 Å². The van der Waals surface area contributed by atoms with Crippen LogP contribution in [-0.4, -0.2) is 11.5 Å². The molecule has 2 rings (SSSR count). The summed E-state index contributed by atoms with van der Waals surface area (Å²) in [6.07, 6.45) is 1.77. The Bertz CT molecular complexity index is 575. The monoisotopic (exact) mass is 358 g/mol. The van der Waals surface area contributed by atoms with E-state index in [0.717, 1.165) is 22.3 Å². The molecule has 2 nitrogen and oxygen atoms in total. The highest BCUT2D eigenvalue weighted by Crippen LogP contribution is 2.34. The second-order valence-corrected chi connectivity index (χ2v) is 5.64. The van der Waals surface area contributed by atoms with Crippen LogP contribution in [0.5, 0.6) is 0 Å². The van der Waals surface area contributed by atoms with Crippen LogP contribution in [0.4, 0.5) is 0 Å². The zero-order valence-electron chi connectivity index (χ0n) is 10.3. The number of pyridine rings is 1.